The lowest BCUT2D eigenvalue weighted by molar-refractivity contribution is -0.150. The molecule has 0 aromatic heterocycles. The Balaban J connectivity index is 4.78. The Labute approximate surface area is 98.0 Å². The number of aliphatic carboxylic acids is 1. The van der Waals surface area contributed by atoms with E-state index in [4.69, 9.17) is 5.11 Å². The minimum absolute atomic E-state index is 0.0638. The van der Waals surface area contributed by atoms with Gasteiger partial charge < -0.3 is 5.11 Å². The van der Waals surface area contributed by atoms with Crippen molar-refractivity contribution in [1.29, 1.82) is 0 Å². The molecule has 0 aromatic carbocycles. The normalized spacial score (nSPS) is 16.4. The number of carboxylic acids is 1. The molecule has 0 bridgehead atoms. The highest BCUT2D eigenvalue weighted by atomic mass is 32.2. The number of sulfone groups is 1. The van der Waals surface area contributed by atoms with Gasteiger partial charge in [0, 0.05) is 0 Å². The molecule has 0 radical (unpaired) electrons. The maximum atomic E-state index is 11.6. The summed E-state index contributed by atoms with van der Waals surface area (Å²) in [6.45, 7) is 8.44. The molecule has 0 aliphatic heterocycles. The molecule has 0 heterocycles. The second-order valence-corrected chi connectivity index (χ2v) is 7.72. The number of hydrogen-bond donors (Lipinski definition) is 1. The fourth-order valence-electron chi connectivity index (χ4n) is 1.23. The lowest BCUT2D eigenvalue weighted by Crippen LogP contribution is -2.36. The molecule has 1 atom stereocenters. The third-order valence-corrected chi connectivity index (χ3v) is 5.60. The molecule has 0 rings (SSSR count). The number of carboxylic acid groups (broad SMARTS) is 1. The maximum absolute atomic E-state index is 11.6. The highest BCUT2D eigenvalue weighted by Crippen LogP contribution is 2.32. The van der Waals surface area contributed by atoms with Crippen LogP contribution in [0.3, 0.4) is 0 Å². The van der Waals surface area contributed by atoms with Crippen molar-refractivity contribution in [1.82, 2.24) is 0 Å². The number of carbonyl (C=O) groups is 1. The summed E-state index contributed by atoms with van der Waals surface area (Å²) in [4.78, 5) is 11.2. The van der Waals surface area contributed by atoms with Crippen LogP contribution in [0.25, 0.3) is 0 Å². The van der Waals surface area contributed by atoms with E-state index in [1.165, 1.54) is 0 Å². The van der Waals surface area contributed by atoms with E-state index in [0.29, 0.717) is 0 Å². The van der Waals surface area contributed by atoms with Crippen LogP contribution in [0.5, 0.6) is 0 Å². The van der Waals surface area contributed by atoms with Gasteiger partial charge in [-0.05, 0) is 33.1 Å². The van der Waals surface area contributed by atoms with E-state index in [1.807, 2.05) is 0 Å². The lowest BCUT2D eigenvalue weighted by atomic mass is 9.77. The average molecular weight is 250 g/mol. The van der Waals surface area contributed by atoms with Gasteiger partial charge in [-0.25, -0.2) is 8.42 Å². The van der Waals surface area contributed by atoms with Gasteiger partial charge in [0.25, 0.3) is 0 Å². The van der Waals surface area contributed by atoms with E-state index >= 15 is 0 Å². The second kappa shape index (κ2) is 5.17. The molecule has 1 N–H and O–H groups in total. The first-order valence-electron chi connectivity index (χ1n) is 5.49. The molecule has 0 saturated carbocycles. The zero-order valence-corrected chi connectivity index (χ0v) is 11.5. The Morgan fingerprint density at radius 3 is 1.94 bits per heavy atom. The van der Waals surface area contributed by atoms with Crippen molar-refractivity contribution in [3.8, 4) is 0 Å². The molecule has 5 heteroatoms. The smallest absolute Gasteiger partial charge is 0.309 e. The van der Waals surface area contributed by atoms with E-state index < -0.39 is 26.5 Å². The molecular weight excluding hydrogens is 228 g/mol. The standard InChI is InChI=1S/C11H22O4S/c1-8(2)11(5,10(12)13)6-7-16(14,15)9(3)4/h8-9H,6-7H2,1-5H3,(H,12,13). The summed E-state index contributed by atoms with van der Waals surface area (Å²) in [6, 6.07) is 0. The van der Waals surface area contributed by atoms with Gasteiger partial charge in [0.15, 0.2) is 9.84 Å². The highest BCUT2D eigenvalue weighted by Gasteiger charge is 2.37. The Morgan fingerprint density at radius 1 is 1.25 bits per heavy atom. The van der Waals surface area contributed by atoms with Crippen LogP contribution in [0.1, 0.15) is 41.0 Å². The summed E-state index contributed by atoms with van der Waals surface area (Å²) < 4.78 is 23.3. The molecule has 0 saturated heterocycles. The van der Waals surface area contributed by atoms with Gasteiger partial charge in [-0.1, -0.05) is 13.8 Å². The van der Waals surface area contributed by atoms with E-state index in [1.54, 1.807) is 34.6 Å². The maximum Gasteiger partial charge on any atom is 0.309 e. The van der Waals surface area contributed by atoms with E-state index in [0.717, 1.165) is 0 Å². The first-order chi connectivity index (χ1) is 7.04. The van der Waals surface area contributed by atoms with Crippen LogP contribution in [-0.2, 0) is 14.6 Å². The summed E-state index contributed by atoms with van der Waals surface area (Å²) >= 11 is 0. The zero-order chi connectivity index (χ0) is 13.1. The van der Waals surface area contributed by atoms with Gasteiger partial charge in [-0.2, -0.15) is 0 Å². The minimum Gasteiger partial charge on any atom is -0.481 e. The van der Waals surface area contributed by atoms with Gasteiger partial charge >= 0.3 is 5.97 Å². The highest BCUT2D eigenvalue weighted by molar-refractivity contribution is 7.91. The minimum atomic E-state index is -3.16. The molecule has 0 aliphatic carbocycles. The summed E-state index contributed by atoms with van der Waals surface area (Å²) in [6.07, 6.45) is 0.167. The van der Waals surface area contributed by atoms with Crippen molar-refractivity contribution in [3.05, 3.63) is 0 Å². The van der Waals surface area contributed by atoms with Crippen molar-refractivity contribution in [2.24, 2.45) is 11.3 Å². The fourth-order valence-corrected chi connectivity index (χ4v) is 2.41. The summed E-state index contributed by atoms with van der Waals surface area (Å²) in [5.74, 6) is -1.08. The Morgan fingerprint density at radius 2 is 1.69 bits per heavy atom. The lowest BCUT2D eigenvalue weighted by Gasteiger charge is -2.29. The van der Waals surface area contributed by atoms with Crippen LogP contribution in [0.4, 0.5) is 0 Å². The first-order valence-corrected chi connectivity index (χ1v) is 7.20. The van der Waals surface area contributed by atoms with Gasteiger partial charge in [-0.3, -0.25) is 4.79 Å². The molecule has 96 valence electrons. The van der Waals surface area contributed by atoms with E-state index in [9.17, 15) is 13.2 Å². The van der Waals surface area contributed by atoms with Gasteiger partial charge in [-0.15, -0.1) is 0 Å². The van der Waals surface area contributed by atoms with Crippen LogP contribution in [0.15, 0.2) is 0 Å². The van der Waals surface area contributed by atoms with Gasteiger partial charge in [0.1, 0.15) is 0 Å². The zero-order valence-electron chi connectivity index (χ0n) is 10.6. The molecule has 1 unspecified atom stereocenters. The van der Waals surface area contributed by atoms with E-state index in [-0.39, 0.29) is 18.1 Å². The Bertz CT molecular complexity index is 343. The van der Waals surface area contributed by atoms with Gasteiger partial charge in [0.2, 0.25) is 0 Å². The third kappa shape index (κ3) is 3.47. The number of rotatable bonds is 6. The Kier molecular flexibility index (Phi) is 4.98. The summed E-state index contributed by atoms with van der Waals surface area (Å²) in [7, 11) is -3.16. The molecule has 0 amide bonds. The van der Waals surface area contributed by atoms with Crippen molar-refractivity contribution in [2.75, 3.05) is 5.75 Å². The molecule has 0 aromatic rings. The van der Waals surface area contributed by atoms with Crippen LogP contribution >= 0.6 is 0 Å². The quantitative estimate of drug-likeness (QED) is 0.782. The largest absolute Gasteiger partial charge is 0.481 e. The Hall–Kier alpha value is -0.580. The van der Waals surface area contributed by atoms with Crippen molar-refractivity contribution in [3.63, 3.8) is 0 Å². The number of hydrogen-bond acceptors (Lipinski definition) is 3. The second-order valence-electron chi connectivity index (χ2n) is 5.04. The SMILES string of the molecule is CC(C)C(C)(CCS(=O)(=O)C(C)C)C(=O)O. The monoisotopic (exact) mass is 250 g/mol. The molecular formula is C11H22O4S. The molecule has 0 spiro atoms. The summed E-state index contributed by atoms with van der Waals surface area (Å²) in [5.41, 5.74) is -0.970. The predicted molar refractivity (Wildman–Crippen MR) is 64.1 cm³/mol. The van der Waals surface area contributed by atoms with Crippen LogP contribution < -0.4 is 0 Å². The predicted octanol–water partition coefficient (Wildman–Crippen LogP) is 1.95. The topological polar surface area (TPSA) is 71.4 Å². The van der Waals surface area contributed by atoms with Gasteiger partial charge in [0.05, 0.1) is 16.4 Å². The van der Waals surface area contributed by atoms with Crippen LogP contribution in [0, 0.1) is 11.3 Å². The summed E-state index contributed by atoms with van der Waals surface area (Å²) in [5, 5.41) is 8.70. The molecule has 0 aliphatic rings. The fraction of sp³-hybridized carbons (Fsp3) is 0.909. The molecule has 0 fully saturated rings. The van der Waals surface area contributed by atoms with Crippen molar-refractivity contribution in [2.45, 2.75) is 46.3 Å². The van der Waals surface area contributed by atoms with Crippen molar-refractivity contribution >= 4 is 15.8 Å². The third-order valence-electron chi connectivity index (χ3n) is 3.39. The van der Waals surface area contributed by atoms with Crippen LogP contribution in [-0.4, -0.2) is 30.5 Å². The van der Waals surface area contributed by atoms with Crippen LogP contribution in [0.2, 0.25) is 0 Å². The van der Waals surface area contributed by atoms with Crippen molar-refractivity contribution < 1.29 is 18.3 Å². The average Bonchev–Trinajstić information content (AvgIpc) is 2.13. The van der Waals surface area contributed by atoms with E-state index in [2.05, 4.69) is 0 Å². The molecule has 16 heavy (non-hydrogen) atoms. The molecule has 4 nitrogen and oxygen atoms in total. The first kappa shape index (κ1) is 15.4.